The Morgan fingerprint density at radius 3 is 2.81 bits per heavy atom. The van der Waals surface area contributed by atoms with Crippen LogP contribution in [0.4, 0.5) is 0 Å². The molecule has 3 N–H and O–H groups in total. The lowest BCUT2D eigenvalue weighted by Gasteiger charge is -2.38. The van der Waals surface area contributed by atoms with Crippen LogP contribution >= 0.6 is 0 Å². The van der Waals surface area contributed by atoms with Gasteiger partial charge in [0.2, 0.25) is 0 Å². The van der Waals surface area contributed by atoms with Crippen molar-refractivity contribution in [2.24, 2.45) is 5.92 Å². The van der Waals surface area contributed by atoms with Gasteiger partial charge in [0.25, 0.3) is 11.5 Å². The monoisotopic (exact) mass is 368 g/mol. The standard InChI is InChI=1S/C21H24N2O4/c1-11-7-17(20(25)22-12(11)2)21(26)23-19(15-9-16(24)10-15)14-3-4-18-13(8-14)5-6-27-18/h3-4,7-8,15-16,19,24H,5-6,9-10H2,1-2H3,(H,22,25)(H,23,26). The number of carbonyl (C=O) groups is 1. The third kappa shape index (κ3) is 3.37. The average molecular weight is 368 g/mol. The minimum Gasteiger partial charge on any atom is -0.493 e. The Kier molecular flexibility index (Phi) is 4.52. The van der Waals surface area contributed by atoms with Crippen molar-refractivity contribution in [3.63, 3.8) is 0 Å². The van der Waals surface area contributed by atoms with E-state index in [1.807, 2.05) is 26.0 Å². The number of fused-ring (bicyclic) bond motifs is 1. The quantitative estimate of drug-likeness (QED) is 0.771. The molecule has 0 saturated heterocycles. The van der Waals surface area contributed by atoms with Crippen molar-refractivity contribution < 1.29 is 14.6 Å². The number of benzene rings is 1. The fourth-order valence-electron chi connectivity index (χ4n) is 3.89. The molecular formula is C21H24N2O4. The van der Waals surface area contributed by atoms with Gasteiger partial charge in [-0.15, -0.1) is 0 Å². The van der Waals surface area contributed by atoms with Gasteiger partial charge in [-0.25, -0.2) is 0 Å². The van der Waals surface area contributed by atoms with Gasteiger partial charge in [0, 0.05) is 12.1 Å². The second-order valence-electron chi connectivity index (χ2n) is 7.62. The van der Waals surface area contributed by atoms with Gasteiger partial charge in [0.1, 0.15) is 11.3 Å². The molecular weight excluding hydrogens is 344 g/mol. The highest BCUT2D eigenvalue weighted by molar-refractivity contribution is 5.94. The normalized spacial score (nSPS) is 21.7. The van der Waals surface area contributed by atoms with E-state index in [4.69, 9.17) is 4.74 Å². The molecule has 1 atom stereocenters. The minimum absolute atomic E-state index is 0.118. The number of hydrogen-bond donors (Lipinski definition) is 3. The summed E-state index contributed by atoms with van der Waals surface area (Å²) in [5, 5.41) is 12.8. The zero-order chi connectivity index (χ0) is 19.1. The second-order valence-corrected chi connectivity index (χ2v) is 7.62. The number of aromatic amines is 1. The van der Waals surface area contributed by atoms with E-state index in [0.29, 0.717) is 19.4 Å². The molecule has 1 amide bonds. The Balaban J connectivity index is 1.63. The molecule has 27 heavy (non-hydrogen) atoms. The number of rotatable bonds is 4. The summed E-state index contributed by atoms with van der Waals surface area (Å²) >= 11 is 0. The topological polar surface area (TPSA) is 91.4 Å². The molecule has 1 saturated carbocycles. The molecule has 0 spiro atoms. The number of aliphatic hydroxyl groups is 1. The first-order valence-corrected chi connectivity index (χ1v) is 9.37. The molecule has 1 unspecified atom stereocenters. The predicted octanol–water partition coefficient (Wildman–Crippen LogP) is 2.17. The Hall–Kier alpha value is -2.60. The number of pyridine rings is 1. The van der Waals surface area contributed by atoms with E-state index in [0.717, 1.165) is 34.6 Å². The molecule has 1 fully saturated rings. The van der Waals surface area contributed by atoms with Crippen LogP contribution in [0.3, 0.4) is 0 Å². The third-order valence-electron chi connectivity index (χ3n) is 5.72. The van der Waals surface area contributed by atoms with E-state index < -0.39 is 0 Å². The van der Waals surface area contributed by atoms with Crippen LogP contribution < -0.4 is 15.6 Å². The molecule has 6 nitrogen and oxygen atoms in total. The smallest absolute Gasteiger partial charge is 0.261 e. The highest BCUT2D eigenvalue weighted by Crippen LogP contribution is 2.39. The highest BCUT2D eigenvalue weighted by Gasteiger charge is 2.36. The first kappa shape index (κ1) is 17.8. The van der Waals surface area contributed by atoms with Crippen molar-refractivity contribution in [1.29, 1.82) is 0 Å². The van der Waals surface area contributed by atoms with Crippen molar-refractivity contribution in [2.45, 2.75) is 45.3 Å². The SMILES string of the molecule is Cc1cc(C(=O)NC(c2ccc3c(c2)CCO3)C2CC(O)C2)c(=O)[nH]c1C. The molecule has 0 radical (unpaired) electrons. The van der Waals surface area contributed by atoms with Crippen molar-refractivity contribution in [3.8, 4) is 5.75 Å². The van der Waals surface area contributed by atoms with Gasteiger partial charge in [0.05, 0.1) is 18.8 Å². The maximum Gasteiger partial charge on any atom is 0.261 e. The summed E-state index contributed by atoms with van der Waals surface area (Å²) in [4.78, 5) is 27.8. The number of amides is 1. The van der Waals surface area contributed by atoms with Crippen LogP contribution in [0.25, 0.3) is 0 Å². The number of H-pyrrole nitrogens is 1. The number of ether oxygens (including phenoxy) is 1. The van der Waals surface area contributed by atoms with Crippen molar-refractivity contribution in [1.82, 2.24) is 10.3 Å². The third-order valence-corrected chi connectivity index (χ3v) is 5.72. The summed E-state index contributed by atoms with van der Waals surface area (Å²) in [6.45, 7) is 4.35. The number of aryl methyl sites for hydroxylation is 2. The van der Waals surface area contributed by atoms with Crippen molar-refractivity contribution >= 4 is 5.91 Å². The second kappa shape index (κ2) is 6.85. The number of nitrogens with one attached hydrogen (secondary N) is 2. The summed E-state index contributed by atoms with van der Waals surface area (Å²) in [6.07, 6.45) is 1.81. The molecule has 1 aliphatic carbocycles. The summed E-state index contributed by atoms with van der Waals surface area (Å²) in [5.74, 6) is 0.653. The zero-order valence-electron chi connectivity index (χ0n) is 15.5. The maximum absolute atomic E-state index is 12.9. The maximum atomic E-state index is 12.9. The van der Waals surface area contributed by atoms with Crippen LogP contribution in [0, 0.1) is 19.8 Å². The van der Waals surface area contributed by atoms with Crippen LogP contribution in [0.2, 0.25) is 0 Å². The van der Waals surface area contributed by atoms with Gasteiger partial charge in [-0.1, -0.05) is 6.07 Å². The lowest BCUT2D eigenvalue weighted by Crippen LogP contribution is -2.42. The number of aliphatic hydroxyl groups excluding tert-OH is 1. The molecule has 142 valence electrons. The summed E-state index contributed by atoms with van der Waals surface area (Å²) in [6, 6.07) is 7.36. The lowest BCUT2D eigenvalue weighted by molar-refractivity contribution is 0.0235. The molecule has 1 aromatic heterocycles. The minimum atomic E-state index is -0.387. The highest BCUT2D eigenvalue weighted by atomic mass is 16.5. The number of carbonyl (C=O) groups excluding carboxylic acids is 1. The van der Waals surface area contributed by atoms with E-state index in [1.165, 1.54) is 0 Å². The van der Waals surface area contributed by atoms with Crippen LogP contribution in [-0.4, -0.2) is 28.7 Å². The molecule has 4 rings (SSSR count). The summed E-state index contributed by atoms with van der Waals surface area (Å²) in [5.41, 5.74) is 3.48. The summed E-state index contributed by atoms with van der Waals surface area (Å²) in [7, 11) is 0. The van der Waals surface area contributed by atoms with E-state index in [2.05, 4.69) is 16.4 Å². The Labute approximate surface area is 157 Å². The van der Waals surface area contributed by atoms with Crippen LogP contribution in [0.1, 0.15) is 51.6 Å². The Morgan fingerprint density at radius 2 is 2.07 bits per heavy atom. The van der Waals surface area contributed by atoms with E-state index >= 15 is 0 Å². The molecule has 6 heteroatoms. The molecule has 2 aliphatic rings. The molecule has 0 bridgehead atoms. The van der Waals surface area contributed by atoms with Crippen molar-refractivity contribution in [3.05, 3.63) is 62.6 Å². The lowest BCUT2D eigenvalue weighted by atomic mass is 9.74. The van der Waals surface area contributed by atoms with Gasteiger partial charge < -0.3 is 20.1 Å². The van der Waals surface area contributed by atoms with Gasteiger partial charge in [0.15, 0.2) is 0 Å². The van der Waals surface area contributed by atoms with Gasteiger partial charge in [-0.2, -0.15) is 0 Å². The predicted molar refractivity (Wildman–Crippen MR) is 101 cm³/mol. The molecule has 2 heterocycles. The average Bonchev–Trinajstić information content (AvgIpc) is 3.08. The van der Waals surface area contributed by atoms with Gasteiger partial charge in [-0.3, -0.25) is 9.59 Å². The van der Waals surface area contributed by atoms with E-state index in [9.17, 15) is 14.7 Å². The van der Waals surface area contributed by atoms with Crippen LogP contribution in [0.5, 0.6) is 5.75 Å². The van der Waals surface area contributed by atoms with Crippen LogP contribution in [0.15, 0.2) is 29.1 Å². The van der Waals surface area contributed by atoms with Gasteiger partial charge in [-0.05, 0) is 67.5 Å². The first-order valence-electron chi connectivity index (χ1n) is 9.37. The fourth-order valence-corrected chi connectivity index (χ4v) is 3.89. The van der Waals surface area contributed by atoms with E-state index in [1.54, 1.807) is 6.07 Å². The fraction of sp³-hybridized carbons (Fsp3) is 0.429. The molecule has 2 aromatic rings. The number of aromatic nitrogens is 1. The molecule has 1 aromatic carbocycles. The van der Waals surface area contributed by atoms with Crippen LogP contribution in [-0.2, 0) is 6.42 Å². The Morgan fingerprint density at radius 1 is 1.30 bits per heavy atom. The first-order chi connectivity index (χ1) is 12.9. The van der Waals surface area contributed by atoms with E-state index in [-0.39, 0.29) is 35.1 Å². The largest absolute Gasteiger partial charge is 0.493 e. The van der Waals surface area contributed by atoms with Gasteiger partial charge >= 0.3 is 0 Å². The summed E-state index contributed by atoms with van der Waals surface area (Å²) < 4.78 is 5.57. The zero-order valence-corrected chi connectivity index (χ0v) is 15.5. The number of hydrogen-bond acceptors (Lipinski definition) is 4. The molecule has 1 aliphatic heterocycles. The van der Waals surface area contributed by atoms with Crippen molar-refractivity contribution in [2.75, 3.05) is 6.61 Å². The Bertz CT molecular complexity index is 944.